The fourth-order valence-electron chi connectivity index (χ4n) is 2.26. The van der Waals surface area contributed by atoms with Crippen LogP contribution in [0.3, 0.4) is 0 Å². The predicted octanol–water partition coefficient (Wildman–Crippen LogP) is 4.28. The van der Waals surface area contributed by atoms with E-state index in [0.29, 0.717) is 0 Å². The fraction of sp³-hybridized carbons (Fsp3) is 0.133. The molecular formula is C15H12ClNO. The Kier molecular flexibility index (Phi) is 2.60. The highest BCUT2D eigenvalue weighted by Crippen LogP contribution is 2.29. The standard InChI is InChI=1S/C15H12ClNO/c1-9(8-18)10-2-4-12-13-7-11(16)3-5-14(13)17-15(12)6-10/h2-9,17H,1H3. The Morgan fingerprint density at radius 1 is 1.11 bits per heavy atom. The first-order chi connectivity index (χ1) is 8.69. The molecule has 0 fully saturated rings. The molecule has 0 saturated carbocycles. The van der Waals surface area contributed by atoms with E-state index in [1.165, 1.54) is 0 Å². The first kappa shape index (κ1) is 11.3. The lowest BCUT2D eigenvalue weighted by molar-refractivity contribution is -0.108. The zero-order valence-electron chi connectivity index (χ0n) is 9.91. The van der Waals surface area contributed by atoms with Crippen LogP contribution in [0.2, 0.25) is 5.02 Å². The van der Waals surface area contributed by atoms with Gasteiger partial charge in [0.1, 0.15) is 6.29 Å². The Balaban J connectivity index is 2.30. The number of nitrogens with one attached hydrogen (secondary N) is 1. The van der Waals surface area contributed by atoms with Gasteiger partial charge in [-0.05, 0) is 29.8 Å². The Morgan fingerprint density at radius 3 is 2.72 bits per heavy atom. The molecule has 0 amide bonds. The summed E-state index contributed by atoms with van der Waals surface area (Å²) in [6.45, 7) is 1.90. The first-order valence-corrected chi connectivity index (χ1v) is 6.23. The molecule has 1 N–H and O–H groups in total. The van der Waals surface area contributed by atoms with E-state index in [0.717, 1.165) is 38.7 Å². The highest BCUT2D eigenvalue weighted by Gasteiger charge is 2.08. The van der Waals surface area contributed by atoms with Crippen molar-refractivity contribution in [3.05, 3.63) is 47.0 Å². The second-order valence-electron chi connectivity index (χ2n) is 4.54. The number of carbonyl (C=O) groups excluding carboxylic acids is 1. The molecule has 3 aromatic rings. The quantitative estimate of drug-likeness (QED) is 0.683. The van der Waals surface area contributed by atoms with E-state index < -0.39 is 0 Å². The van der Waals surface area contributed by atoms with Crippen molar-refractivity contribution in [2.24, 2.45) is 0 Å². The third-order valence-corrected chi connectivity index (χ3v) is 3.55. The summed E-state index contributed by atoms with van der Waals surface area (Å²) in [5.74, 6) is -0.0793. The summed E-state index contributed by atoms with van der Waals surface area (Å²) in [7, 11) is 0. The zero-order valence-corrected chi connectivity index (χ0v) is 10.7. The van der Waals surface area contributed by atoms with E-state index >= 15 is 0 Å². The maximum Gasteiger partial charge on any atom is 0.127 e. The smallest absolute Gasteiger partial charge is 0.127 e. The SMILES string of the molecule is CC(C=O)c1ccc2c(c1)[nH]c1ccc(Cl)cc12. The Bertz CT molecular complexity index is 745. The summed E-state index contributed by atoms with van der Waals surface area (Å²) in [6, 6.07) is 11.9. The van der Waals surface area contributed by atoms with Gasteiger partial charge >= 0.3 is 0 Å². The van der Waals surface area contributed by atoms with Gasteiger partial charge in [-0.1, -0.05) is 30.7 Å². The van der Waals surface area contributed by atoms with Crippen LogP contribution >= 0.6 is 11.6 Å². The summed E-state index contributed by atoms with van der Waals surface area (Å²) in [4.78, 5) is 14.2. The van der Waals surface area contributed by atoms with Gasteiger partial charge in [0.15, 0.2) is 0 Å². The molecule has 0 spiro atoms. The molecule has 1 atom stereocenters. The van der Waals surface area contributed by atoms with Gasteiger partial charge in [-0.2, -0.15) is 0 Å². The van der Waals surface area contributed by atoms with Gasteiger partial charge in [-0.3, -0.25) is 0 Å². The number of H-pyrrole nitrogens is 1. The minimum absolute atomic E-state index is 0.0793. The van der Waals surface area contributed by atoms with E-state index in [2.05, 4.69) is 4.98 Å². The van der Waals surface area contributed by atoms with Gasteiger partial charge in [0.25, 0.3) is 0 Å². The summed E-state index contributed by atoms with van der Waals surface area (Å²) in [6.07, 6.45) is 0.959. The van der Waals surface area contributed by atoms with E-state index in [4.69, 9.17) is 11.6 Å². The summed E-state index contributed by atoms with van der Waals surface area (Å²) in [5, 5.41) is 2.98. The van der Waals surface area contributed by atoms with Crippen molar-refractivity contribution in [3.8, 4) is 0 Å². The lowest BCUT2D eigenvalue weighted by Gasteiger charge is -2.03. The number of hydrogen-bond donors (Lipinski definition) is 1. The van der Waals surface area contributed by atoms with Crippen molar-refractivity contribution in [3.63, 3.8) is 0 Å². The van der Waals surface area contributed by atoms with Crippen LogP contribution in [0.15, 0.2) is 36.4 Å². The third kappa shape index (κ3) is 1.70. The Labute approximate surface area is 110 Å². The third-order valence-electron chi connectivity index (χ3n) is 3.31. The number of fused-ring (bicyclic) bond motifs is 3. The molecule has 0 aliphatic heterocycles. The van der Waals surface area contributed by atoms with E-state index in [-0.39, 0.29) is 5.92 Å². The second kappa shape index (κ2) is 4.14. The molecule has 2 nitrogen and oxygen atoms in total. The van der Waals surface area contributed by atoms with Crippen LogP contribution < -0.4 is 0 Å². The lowest BCUT2D eigenvalue weighted by atomic mass is 10.0. The van der Waals surface area contributed by atoms with Crippen molar-refractivity contribution in [1.29, 1.82) is 0 Å². The summed E-state index contributed by atoms with van der Waals surface area (Å²) >= 11 is 6.02. The monoisotopic (exact) mass is 257 g/mol. The van der Waals surface area contributed by atoms with Crippen molar-refractivity contribution in [2.45, 2.75) is 12.8 Å². The predicted molar refractivity (Wildman–Crippen MR) is 75.3 cm³/mol. The topological polar surface area (TPSA) is 32.9 Å². The zero-order chi connectivity index (χ0) is 12.7. The molecule has 0 bridgehead atoms. The summed E-state index contributed by atoms with van der Waals surface area (Å²) in [5.41, 5.74) is 3.12. The van der Waals surface area contributed by atoms with Gasteiger partial charge in [0, 0.05) is 32.7 Å². The van der Waals surface area contributed by atoms with Gasteiger partial charge in [0.2, 0.25) is 0 Å². The molecule has 3 rings (SSSR count). The molecule has 0 saturated heterocycles. The maximum atomic E-state index is 10.8. The van der Waals surface area contributed by atoms with Gasteiger partial charge in [0.05, 0.1) is 0 Å². The number of aromatic amines is 1. The molecule has 1 aromatic heterocycles. The number of hydrogen-bond acceptors (Lipinski definition) is 1. The van der Waals surface area contributed by atoms with Crippen LogP contribution in [0.4, 0.5) is 0 Å². The molecule has 1 unspecified atom stereocenters. The first-order valence-electron chi connectivity index (χ1n) is 5.85. The minimum atomic E-state index is -0.0793. The van der Waals surface area contributed by atoms with E-state index in [1.54, 1.807) is 0 Å². The Hall–Kier alpha value is -1.80. The normalized spacial score (nSPS) is 13.0. The average Bonchev–Trinajstić information content (AvgIpc) is 2.74. The molecule has 18 heavy (non-hydrogen) atoms. The molecule has 3 heteroatoms. The van der Waals surface area contributed by atoms with Crippen molar-refractivity contribution in [2.75, 3.05) is 0 Å². The van der Waals surface area contributed by atoms with Crippen molar-refractivity contribution in [1.82, 2.24) is 4.98 Å². The average molecular weight is 258 g/mol. The number of aromatic nitrogens is 1. The van der Waals surface area contributed by atoms with Crippen LogP contribution in [-0.2, 0) is 4.79 Å². The highest BCUT2D eigenvalue weighted by molar-refractivity contribution is 6.31. The maximum absolute atomic E-state index is 10.8. The number of rotatable bonds is 2. The number of carbonyl (C=O) groups is 1. The van der Waals surface area contributed by atoms with Crippen molar-refractivity contribution < 1.29 is 4.79 Å². The van der Waals surface area contributed by atoms with E-state index in [1.807, 2.05) is 43.3 Å². The number of halogens is 1. The van der Waals surface area contributed by atoms with E-state index in [9.17, 15) is 4.79 Å². The molecule has 0 radical (unpaired) electrons. The molecule has 1 heterocycles. The van der Waals surface area contributed by atoms with Crippen LogP contribution in [-0.4, -0.2) is 11.3 Å². The summed E-state index contributed by atoms with van der Waals surface area (Å²) < 4.78 is 0. The molecule has 90 valence electrons. The molecule has 2 aromatic carbocycles. The van der Waals surface area contributed by atoms with Crippen LogP contribution in [0.5, 0.6) is 0 Å². The fourth-order valence-corrected chi connectivity index (χ4v) is 2.43. The van der Waals surface area contributed by atoms with Gasteiger partial charge < -0.3 is 9.78 Å². The van der Waals surface area contributed by atoms with Crippen LogP contribution in [0.25, 0.3) is 21.8 Å². The van der Waals surface area contributed by atoms with Crippen LogP contribution in [0, 0.1) is 0 Å². The van der Waals surface area contributed by atoms with Crippen molar-refractivity contribution >= 4 is 39.7 Å². The Morgan fingerprint density at radius 2 is 1.94 bits per heavy atom. The molecular weight excluding hydrogens is 246 g/mol. The van der Waals surface area contributed by atoms with Crippen LogP contribution in [0.1, 0.15) is 18.4 Å². The van der Waals surface area contributed by atoms with Gasteiger partial charge in [-0.25, -0.2) is 0 Å². The lowest BCUT2D eigenvalue weighted by Crippen LogP contribution is -1.93. The highest BCUT2D eigenvalue weighted by atomic mass is 35.5. The largest absolute Gasteiger partial charge is 0.355 e. The number of benzene rings is 2. The second-order valence-corrected chi connectivity index (χ2v) is 4.98. The molecule has 0 aliphatic rings. The number of aldehydes is 1. The minimum Gasteiger partial charge on any atom is -0.355 e. The van der Waals surface area contributed by atoms with Gasteiger partial charge in [-0.15, -0.1) is 0 Å². The molecule has 0 aliphatic carbocycles.